The van der Waals surface area contributed by atoms with Gasteiger partial charge in [0, 0.05) is 30.2 Å². The number of amides is 1. The molecule has 2 aromatic carbocycles. The summed E-state index contributed by atoms with van der Waals surface area (Å²) in [5, 5.41) is 7.12. The Morgan fingerprint density at radius 1 is 1.04 bits per heavy atom. The standard InChI is InChI=1S/C21H21N3O3/c1-2-27-21(26)16-8-10-17(11-9-16)24-19(25)12-14-22-18-7-3-5-15-6-4-13-23-20(15)18/h3-11,13,22H,2,12,14H2,1H3,(H,24,25). The summed E-state index contributed by atoms with van der Waals surface area (Å²) >= 11 is 0. The summed E-state index contributed by atoms with van der Waals surface area (Å²) in [6.45, 7) is 2.58. The van der Waals surface area contributed by atoms with Crippen LogP contribution in [-0.2, 0) is 9.53 Å². The molecule has 0 radical (unpaired) electrons. The van der Waals surface area contributed by atoms with Crippen LogP contribution in [0.5, 0.6) is 0 Å². The lowest BCUT2D eigenvalue weighted by Gasteiger charge is -2.10. The molecule has 138 valence electrons. The molecule has 0 aliphatic rings. The van der Waals surface area contributed by atoms with Gasteiger partial charge < -0.3 is 15.4 Å². The molecule has 0 atom stereocenters. The van der Waals surface area contributed by atoms with Crippen LogP contribution >= 0.6 is 0 Å². The average Bonchev–Trinajstić information content (AvgIpc) is 2.69. The summed E-state index contributed by atoms with van der Waals surface area (Å²) in [6.07, 6.45) is 2.06. The van der Waals surface area contributed by atoms with E-state index in [-0.39, 0.29) is 11.9 Å². The molecule has 6 heteroatoms. The lowest BCUT2D eigenvalue weighted by Crippen LogP contribution is -2.16. The molecule has 0 fully saturated rings. The average molecular weight is 363 g/mol. The van der Waals surface area contributed by atoms with E-state index in [1.807, 2.05) is 30.3 Å². The third-order valence-electron chi connectivity index (χ3n) is 3.98. The van der Waals surface area contributed by atoms with E-state index >= 15 is 0 Å². The molecule has 1 amide bonds. The van der Waals surface area contributed by atoms with Gasteiger partial charge in [0.05, 0.1) is 23.4 Å². The van der Waals surface area contributed by atoms with Gasteiger partial charge in [0.1, 0.15) is 0 Å². The maximum absolute atomic E-state index is 12.1. The summed E-state index contributed by atoms with van der Waals surface area (Å²) in [6, 6.07) is 16.4. The highest BCUT2D eigenvalue weighted by Crippen LogP contribution is 2.20. The second-order valence-electron chi connectivity index (χ2n) is 5.90. The van der Waals surface area contributed by atoms with E-state index in [1.54, 1.807) is 37.4 Å². The number of para-hydroxylation sites is 1. The highest BCUT2D eigenvalue weighted by Gasteiger charge is 2.08. The molecule has 0 unspecified atom stereocenters. The summed E-state index contributed by atoms with van der Waals surface area (Å²) in [5.74, 6) is -0.483. The summed E-state index contributed by atoms with van der Waals surface area (Å²) in [4.78, 5) is 28.1. The van der Waals surface area contributed by atoms with E-state index in [4.69, 9.17) is 4.74 Å². The van der Waals surface area contributed by atoms with Gasteiger partial charge in [-0.2, -0.15) is 0 Å². The highest BCUT2D eigenvalue weighted by atomic mass is 16.5. The summed E-state index contributed by atoms with van der Waals surface area (Å²) < 4.78 is 4.93. The normalized spacial score (nSPS) is 10.4. The number of hydrogen-bond donors (Lipinski definition) is 2. The molecular formula is C21H21N3O3. The van der Waals surface area contributed by atoms with Crippen LogP contribution in [0, 0.1) is 0 Å². The molecule has 6 nitrogen and oxygen atoms in total. The number of anilines is 2. The zero-order valence-corrected chi connectivity index (χ0v) is 15.1. The van der Waals surface area contributed by atoms with E-state index in [0.717, 1.165) is 16.6 Å². The van der Waals surface area contributed by atoms with Crippen LogP contribution in [0.3, 0.4) is 0 Å². The van der Waals surface area contributed by atoms with Crippen LogP contribution in [0.25, 0.3) is 10.9 Å². The number of nitrogens with zero attached hydrogens (tertiary/aromatic N) is 1. The van der Waals surface area contributed by atoms with Crippen molar-refractivity contribution in [2.45, 2.75) is 13.3 Å². The molecule has 3 rings (SSSR count). The molecule has 2 N–H and O–H groups in total. The lowest BCUT2D eigenvalue weighted by molar-refractivity contribution is -0.115. The van der Waals surface area contributed by atoms with Crippen molar-refractivity contribution >= 4 is 34.2 Å². The second-order valence-corrected chi connectivity index (χ2v) is 5.90. The topological polar surface area (TPSA) is 80.3 Å². The van der Waals surface area contributed by atoms with Crippen molar-refractivity contribution in [3.63, 3.8) is 0 Å². The predicted octanol–water partition coefficient (Wildman–Crippen LogP) is 3.85. The largest absolute Gasteiger partial charge is 0.462 e. The first-order valence-electron chi connectivity index (χ1n) is 8.82. The van der Waals surface area contributed by atoms with Gasteiger partial charge in [-0.25, -0.2) is 4.79 Å². The quantitative estimate of drug-likeness (QED) is 0.623. The van der Waals surface area contributed by atoms with E-state index in [1.165, 1.54) is 0 Å². The Labute approximate surface area is 157 Å². The number of ether oxygens (including phenoxy) is 1. The van der Waals surface area contributed by atoms with Gasteiger partial charge in [-0.3, -0.25) is 9.78 Å². The SMILES string of the molecule is CCOC(=O)c1ccc(NC(=O)CCNc2cccc3cccnc23)cc1. The van der Waals surface area contributed by atoms with E-state index in [0.29, 0.717) is 30.8 Å². The molecule has 0 saturated heterocycles. The van der Waals surface area contributed by atoms with Crippen molar-refractivity contribution in [1.82, 2.24) is 4.98 Å². The van der Waals surface area contributed by atoms with Gasteiger partial charge in [0.15, 0.2) is 0 Å². The molecule has 0 aliphatic carbocycles. The first-order valence-corrected chi connectivity index (χ1v) is 8.82. The second kappa shape index (κ2) is 8.80. The summed E-state index contributed by atoms with van der Waals surface area (Å²) in [7, 11) is 0. The van der Waals surface area contributed by atoms with Crippen molar-refractivity contribution in [3.05, 3.63) is 66.4 Å². The fraction of sp³-hybridized carbons (Fsp3) is 0.190. The number of benzene rings is 2. The monoisotopic (exact) mass is 363 g/mol. The van der Waals surface area contributed by atoms with E-state index < -0.39 is 0 Å². The third-order valence-corrected chi connectivity index (χ3v) is 3.98. The Bertz CT molecular complexity index is 934. The van der Waals surface area contributed by atoms with Gasteiger partial charge in [0.2, 0.25) is 5.91 Å². The first-order chi connectivity index (χ1) is 13.2. The molecule has 0 aliphatic heterocycles. The Kier molecular flexibility index (Phi) is 5.99. The Hall–Kier alpha value is -3.41. The summed E-state index contributed by atoms with van der Waals surface area (Å²) in [5.41, 5.74) is 2.88. The number of hydrogen-bond acceptors (Lipinski definition) is 5. The van der Waals surface area contributed by atoms with Gasteiger partial charge in [0.25, 0.3) is 0 Å². The zero-order chi connectivity index (χ0) is 19.1. The van der Waals surface area contributed by atoms with E-state index in [2.05, 4.69) is 15.6 Å². The first kappa shape index (κ1) is 18.4. The minimum absolute atomic E-state index is 0.111. The Morgan fingerprint density at radius 3 is 2.59 bits per heavy atom. The maximum atomic E-state index is 12.1. The van der Waals surface area contributed by atoms with Crippen molar-refractivity contribution in [2.24, 2.45) is 0 Å². The number of fused-ring (bicyclic) bond motifs is 1. The zero-order valence-electron chi connectivity index (χ0n) is 15.1. The third kappa shape index (κ3) is 4.82. The van der Waals surface area contributed by atoms with Crippen LogP contribution in [0.15, 0.2) is 60.8 Å². The van der Waals surface area contributed by atoms with Crippen LogP contribution in [0.1, 0.15) is 23.7 Å². The van der Waals surface area contributed by atoms with Crippen LogP contribution in [-0.4, -0.2) is 30.0 Å². The predicted molar refractivity (Wildman–Crippen MR) is 106 cm³/mol. The molecule has 1 heterocycles. The minimum atomic E-state index is -0.372. The smallest absolute Gasteiger partial charge is 0.338 e. The number of carbonyl (C=O) groups is 2. The number of nitrogens with one attached hydrogen (secondary N) is 2. The number of pyridine rings is 1. The molecule has 27 heavy (non-hydrogen) atoms. The lowest BCUT2D eigenvalue weighted by atomic mass is 10.2. The molecule has 0 saturated carbocycles. The van der Waals surface area contributed by atoms with Gasteiger partial charge in [-0.1, -0.05) is 18.2 Å². The van der Waals surface area contributed by atoms with E-state index in [9.17, 15) is 9.59 Å². The maximum Gasteiger partial charge on any atom is 0.338 e. The fourth-order valence-corrected chi connectivity index (χ4v) is 2.69. The molecule has 0 bridgehead atoms. The van der Waals surface area contributed by atoms with Gasteiger partial charge in [-0.15, -0.1) is 0 Å². The van der Waals surface area contributed by atoms with Crippen LogP contribution in [0.4, 0.5) is 11.4 Å². The fourth-order valence-electron chi connectivity index (χ4n) is 2.69. The van der Waals surface area contributed by atoms with Crippen molar-refractivity contribution < 1.29 is 14.3 Å². The molecule has 0 spiro atoms. The molecule has 3 aromatic rings. The van der Waals surface area contributed by atoms with Gasteiger partial charge in [-0.05, 0) is 43.3 Å². The van der Waals surface area contributed by atoms with Crippen molar-refractivity contribution in [3.8, 4) is 0 Å². The Morgan fingerprint density at radius 2 is 1.81 bits per heavy atom. The Balaban J connectivity index is 1.52. The highest BCUT2D eigenvalue weighted by molar-refractivity contribution is 5.94. The molecular weight excluding hydrogens is 342 g/mol. The number of rotatable bonds is 7. The minimum Gasteiger partial charge on any atom is -0.462 e. The number of esters is 1. The molecule has 1 aromatic heterocycles. The van der Waals surface area contributed by atoms with Crippen molar-refractivity contribution in [2.75, 3.05) is 23.8 Å². The van der Waals surface area contributed by atoms with Crippen LogP contribution in [0.2, 0.25) is 0 Å². The van der Waals surface area contributed by atoms with Crippen LogP contribution < -0.4 is 10.6 Å². The number of aromatic nitrogens is 1. The number of carbonyl (C=O) groups excluding carboxylic acids is 2. The van der Waals surface area contributed by atoms with Crippen molar-refractivity contribution in [1.29, 1.82) is 0 Å². The van der Waals surface area contributed by atoms with Gasteiger partial charge >= 0.3 is 5.97 Å².